The van der Waals surface area contributed by atoms with E-state index in [2.05, 4.69) is 10.4 Å². The maximum atomic E-state index is 13.5. The summed E-state index contributed by atoms with van der Waals surface area (Å²) in [6.45, 7) is 2.97. The van der Waals surface area contributed by atoms with Crippen LogP contribution in [0.2, 0.25) is 0 Å². The van der Waals surface area contributed by atoms with Gasteiger partial charge in [0.2, 0.25) is 5.91 Å². The van der Waals surface area contributed by atoms with Crippen molar-refractivity contribution in [3.05, 3.63) is 71.5 Å². The summed E-state index contributed by atoms with van der Waals surface area (Å²) in [5.41, 5.74) is 3.61. The third-order valence-electron chi connectivity index (χ3n) is 6.06. The van der Waals surface area contributed by atoms with Gasteiger partial charge in [0.05, 0.1) is 32.2 Å². The van der Waals surface area contributed by atoms with Gasteiger partial charge in [-0.1, -0.05) is 12.1 Å². The van der Waals surface area contributed by atoms with Crippen molar-refractivity contribution in [2.45, 2.75) is 18.9 Å². The average Bonchev–Trinajstić information content (AvgIpc) is 3.22. The molecule has 0 aliphatic carbocycles. The van der Waals surface area contributed by atoms with Crippen molar-refractivity contribution < 1.29 is 19.1 Å². The van der Waals surface area contributed by atoms with Gasteiger partial charge in [-0.15, -0.1) is 0 Å². The van der Waals surface area contributed by atoms with Crippen LogP contribution in [0.5, 0.6) is 5.75 Å². The summed E-state index contributed by atoms with van der Waals surface area (Å²) in [7, 11) is 1.62. The Bertz CT molecular complexity index is 1160. The second-order valence-corrected chi connectivity index (χ2v) is 8.14. The molecule has 8 nitrogen and oxygen atoms in total. The van der Waals surface area contributed by atoms with Crippen molar-refractivity contribution in [3.8, 4) is 11.4 Å². The monoisotopic (exact) mass is 432 g/mol. The Morgan fingerprint density at radius 3 is 2.38 bits per heavy atom. The third kappa shape index (κ3) is 3.33. The molecule has 1 saturated heterocycles. The van der Waals surface area contributed by atoms with E-state index in [1.54, 1.807) is 22.9 Å². The topological polar surface area (TPSA) is 85.7 Å². The van der Waals surface area contributed by atoms with E-state index in [0.29, 0.717) is 25.5 Å². The van der Waals surface area contributed by atoms with E-state index < -0.39 is 5.54 Å². The van der Waals surface area contributed by atoms with E-state index in [4.69, 9.17) is 9.47 Å². The zero-order valence-electron chi connectivity index (χ0n) is 18.0. The summed E-state index contributed by atoms with van der Waals surface area (Å²) in [5, 5.41) is 7.46. The largest absolute Gasteiger partial charge is 0.497 e. The van der Waals surface area contributed by atoms with Gasteiger partial charge >= 0.3 is 0 Å². The molecule has 0 saturated carbocycles. The molecule has 2 aliphatic heterocycles. The van der Waals surface area contributed by atoms with E-state index in [9.17, 15) is 9.59 Å². The first-order valence-electron chi connectivity index (χ1n) is 10.5. The van der Waals surface area contributed by atoms with Crippen LogP contribution in [-0.4, -0.2) is 48.5 Å². The molecule has 0 atom stereocenters. The lowest BCUT2D eigenvalue weighted by molar-refractivity contribution is -0.131. The van der Waals surface area contributed by atoms with Crippen LogP contribution < -0.4 is 15.0 Å². The minimum absolute atomic E-state index is 0.0872. The predicted molar refractivity (Wildman–Crippen MR) is 118 cm³/mol. The number of hydrogen-bond donors (Lipinski definition) is 1. The maximum absolute atomic E-state index is 13.5. The molecule has 32 heavy (non-hydrogen) atoms. The number of amides is 2. The fourth-order valence-electron chi connectivity index (χ4n) is 4.33. The molecule has 0 unspecified atom stereocenters. The number of benzene rings is 2. The number of ether oxygens (including phenoxy) is 2. The molecule has 2 aromatic carbocycles. The number of carbonyl (C=O) groups excluding carboxylic acids is 2. The van der Waals surface area contributed by atoms with Crippen LogP contribution in [0.1, 0.15) is 28.5 Å². The minimum Gasteiger partial charge on any atom is -0.497 e. The van der Waals surface area contributed by atoms with E-state index >= 15 is 0 Å². The van der Waals surface area contributed by atoms with E-state index in [1.165, 1.54) is 6.92 Å². The number of methoxy groups -OCH3 is 1. The standard InChI is InChI=1S/C24H24N4O4/c1-16(29)26-24(14-32-15-24)18-3-5-19(6-4-18)27-12-11-17-13-25-28(22(17)23(27)30)20-7-9-21(31-2)10-8-20/h3-10,13H,11-12,14-15H2,1-2H3,(H,26,29). The lowest BCUT2D eigenvalue weighted by atomic mass is 9.87. The Kier molecular flexibility index (Phi) is 4.94. The van der Waals surface area contributed by atoms with Gasteiger partial charge in [-0.05, 0) is 48.4 Å². The highest BCUT2D eigenvalue weighted by molar-refractivity contribution is 6.07. The molecule has 2 aliphatic rings. The number of carbonyl (C=O) groups is 2. The van der Waals surface area contributed by atoms with Crippen LogP contribution in [0.25, 0.3) is 5.69 Å². The van der Waals surface area contributed by atoms with Crippen LogP contribution in [-0.2, 0) is 21.5 Å². The second kappa shape index (κ2) is 7.80. The summed E-state index contributed by atoms with van der Waals surface area (Å²) >= 11 is 0. The fourth-order valence-corrected chi connectivity index (χ4v) is 4.33. The van der Waals surface area contributed by atoms with Crippen LogP contribution in [0.4, 0.5) is 5.69 Å². The molecule has 3 heterocycles. The number of hydrogen-bond acceptors (Lipinski definition) is 5. The summed E-state index contributed by atoms with van der Waals surface area (Å²) in [6, 6.07) is 15.2. The lowest BCUT2D eigenvalue weighted by Crippen LogP contribution is -2.58. The normalized spacial score (nSPS) is 16.8. The van der Waals surface area contributed by atoms with Crippen molar-refractivity contribution in [2.75, 3.05) is 31.8 Å². The first-order chi connectivity index (χ1) is 15.5. The van der Waals surface area contributed by atoms with Gasteiger partial charge in [0, 0.05) is 24.7 Å². The molecular formula is C24H24N4O4. The number of nitrogens with one attached hydrogen (secondary N) is 1. The van der Waals surface area contributed by atoms with Crippen molar-refractivity contribution >= 4 is 17.5 Å². The molecule has 3 aromatic rings. The maximum Gasteiger partial charge on any atom is 0.277 e. The van der Waals surface area contributed by atoms with Gasteiger partial charge in [-0.2, -0.15) is 5.10 Å². The van der Waals surface area contributed by atoms with Crippen molar-refractivity contribution in [2.24, 2.45) is 0 Å². The number of fused-ring (bicyclic) bond motifs is 1. The van der Waals surface area contributed by atoms with Crippen LogP contribution in [0.15, 0.2) is 54.7 Å². The van der Waals surface area contributed by atoms with Gasteiger partial charge in [0.1, 0.15) is 17.0 Å². The lowest BCUT2D eigenvalue weighted by Gasteiger charge is -2.42. The fraction of sp³-hybridized carbons (Fsp3) is 0.292. The molecule has 1 N–H and O–H groups in total. The number of nitrogens with zero attached hydrogens (tertiary/aromatic N) is 3. The third-order valence-corrected chi connectivity index (χ3v) is 6.06. The number of aromatic nitrogens is 2. The zero-order valence-corrected chi connectivity index (χ0v) is 18.0. The smallest absolute Gasteiger partial charge is 0.277 e. The van der Waals surface area contributed by atoms with Gasteiger partial charge in [0.25, 0.3) is 5.91 Å². The molecule has 1 fully saturated rings. The van der Waals surface area contributed by atoms with Gasteiger partial charge in [-0.25, -0.2) is 4.68 Å². The van der Waals surface area contributed by atoms with E-state index in [1.807, 2.05) is 48.5 Å². The number of rotatable bonds is 5. The minimum atomic E-state index is -0.490. The molecule has 164 valence electrons. The summed E-state index contributed by atoms with van der Waals surface area (Å²) in [4.78, 5) is 26.9. The highest BCUT2D eigenvalue weighted by Gasteiger charge is 2.41. The zero-order chi connectivity index (χ0) is 22.3. The quantitative estimate of drug-likeness (QED) is 0.669. The molecule has 0 radical (unpaired) electrons. The van der Waals surface area contributed by atoms with Gasteiger partial charge in [0.15, 0.2) is 0 Å². The molecule has 2 amide bonds. The van der Waals surface area contributed by atoms with Crippen molar-refractivity contribution in [1.29, 1.82) is 0 Å². The van der Waals surface area contributed by atoms with Crippen molar-refractivity contribution in [3.63, 3.8) is 0 Å². The second-order valence-electron chi connectivity index (χ2n) is 8.14. The van der Waals surface area contributed by atoms with Crippen LogP contribution in [0.3, 0.4) is 0 Å². The van der Waals surface area contributed by atoms with Gasteiger partial charge < -0.3 is 19.7 Å². The first-order valence-corrected chi connectivity index (χ1v) is 10.5. The Balaban J connectivity index is 1.42. The SMILES string of the molecule is COc1ccc(-n2ncc3c2C(=O)N(c2ccc(C4(NC(C)=O)COC4)cc2)CC3)cc1. The highest BCUT2D eigenvalue weighted by Crippen LogP contribution is 2.32. The van der Waals surface area contributed by atoms with E-state index in [-0.39, 0.29) is 11.8 Å². The Morgan fingerprint density at radius 1 is 1.09 bits per heavy atom. The first kappa shape index (κ1) is 20.3. The Hall–Kier alpha value is -3.65. The molecule has 0 spiro atoms. The molecular weight excluding hydrogens is 408 g/mol. The average molecular weight is 432 g/mol. The van der Waals surface area contributed by atoms with E-state index in [0.717, 1.165) is 34.7 Å². The summed E-state index contributed by atoms with van der Waals surface area (Å²) in [6.07, 6.45) is 2.49. The predicted octanol–water partition coefficient (Wildman–Crippen LogP) is 2.45. The summed E-state index contributed by atoms with van der Waals surface area (Å²) < 4.78 is 12.3. The van der Waals surface area contributed by atoms with Crippen LogP contribution in [0, 0.1) is 0 Å². The van der Waals surface area contributed by atoms with Crippen molar-refractivity contribution in [1.82, 2.24) is 15.1 Å². The molecule has 5 rings (SSSR count). The highest BCUT2D eigenvalue weighted by atomic mass is 16.5. The van der Waals surface area contributed by atoms with Crippen LogP contribution >= 0.6 is 0 Å². The molecule has 1 aromatic heterocycles. The molecule has 8 heteroatoms. The Morgan fingerprint density at radius 2 is 1.78 bits per heavy atom. The number of anilines is 1. The Labute approximate surface area is 185 Å². The summed E-state index contributed by atoms with van der Waals surface area (Å²) in [5.74, 6) is 0.565. The van der Waals surface area contributed by atoms with Gasteiger partial charge in [-0.3, -0.25) is 9.59 Å². The molecule has 0 bridgehead atoms.